The Kier molecular flexibility index (Phi) is 10.8. The van der Waals surface area contributed by atoms with E-state index in [1.807, 2.05) is 19.1 Å². The van der Waals surface area contributed by atoms with Gasteiger partial charge in [-0.05, 0) is 0 Å². The second-order valence-corrected chi connectivity index (χ2v) is 18.2. The van der Waals surface area contributed by atoms with Crippen LogP contribution in [0.4, 0.5) is 0 Å². The molecule has 0 aromatic heterocycles. The van der Waals surface area contributed by atoms with Gasteiger partial charge in [-0.25, -0.2) is 0 Å². The summed E-state index contributed by atoms with van der Waals surface area (Å²) >= 11 is -3.06. The third-order valence-corrected chi connectivity index (χ3v) is 16.6. The minimum absolute atomic E-state index is 0.266. The number of benzene rings is 3. The number of nitrogens with zero attached hydrogens (tertiary/aromatic N) is 1. The summed E-state index contributed by atoms with van der Waals surface area (Å²) in [7, 11) is -3.85. The van der Waals surface area contributed by atoms with Crippen molar-refractivity contribution in [2.75, 3.05) is 0 Å². The van der Waals surface area contributed by atoms with E-state index in [4.69, 9.17) is 2.59 Å². The zero-order valence-electron chi connectivity index (χ0n) is 25.6. The molecule has 0 radical (unpaired) electrons. The van der Waals surface area contributed by atoms with Gasteiger partial charge in [0.1, 0.15) is 0 Å². The Morgan fingerprint density at radius 2 is 1.18 bits per heavy atom. The number of hydrogen-bond donors (Lipinski definition) is 0. The first-order valence-electron chi connectivity index (χ1n) is 14.5. The summed E-state index contributed by atoms with van der Waals surface area (Å²) in [6, 6.07) is 16.5. The van der Waals surface area contributed by atoms with Gasteiger partial charge in [-0.1, -0.05) is 0 Å². The molecule has 0 saturated carbocycles. The van der Waals surface area contributed by atoms with E-state index in [9.17, 15) is 8.42 Å². The summed E-state index contributed by atoms with van der Waals surface area (Å²) in [4.78, 5) is 0.288. The van der Waals surface area contributed by atoms with Crippen LogP contribution in [0.3, 0.4) is 0 Å². The monoisotopic (exact) mass is 663 g/mol. The number of rotatable bonds is 10. The molecule has 0 saturated heterocycles. The van der Waals surface area contributed by atoms with Gasteiger partial charge < -0.3 is 0 Å². The summed E-state index contributed by atoms with van der Waals surface area (Å²) in [5.74, 6) is 0.927. The molecule has 0 fully saturated rings. The maximum atomic E-state index is 14.0. The fourth-order valence-electron chi connectivity index (χ4n) is 4.95. The van der Waals surface area contributed by atoms with Crippen LogP contribution in [-0.2, 0) is 29.3 Å². The van der Waals surface area contributed by atoms with Crippen LogP contribution in [0, 0.1) is 6.92 Å². The van der Waals surface area contributed by atoms with Gasteiger partial charge in [-0.3, -0.25) is 0 Å². The van der Waals surface area contributed by atoms with E-state index in [0.717, 1.165) is 24.8 Å². The predicted octanol–water partition coefficient (Wildman–Crippen LogP) is 7.82. The molecule has 0 spiro atoms. The SMILES string of the molecule is CCc1cc(CC)c([Te](=NS(=O)(=O)c2ccc(C)cc2)c2c(C(C)C)cc(C(C)C)cc2C(C)C)c(CC)c1. The summed E-state index contributed by atoms with van der Waals surface area (Å²) in [6.07, 6.45) is 2.70. The summed E-state index contributed by atoms with van der Waals surface area (Å²) in [6.45, 7) is 22.0. The third-order valence-electron chi connectivity index (χ3n) is 7.43. The van der Waals surface area contributed by atoms with Gasteiger partial charge in [0.2, 0.25) is 0 Å². The Hall–Kier alpha value is -1.80. The van der Waals surface area contributed by atoms with Crippen LogP contribution in [0.25, 0.3) is 0 Å². The normalized spacial score (nSPS) is 13.2. The molecule has 0 N–H and O–H groups in total. The van der Waals surface area contributed by atoms with Gasteiger partial charge >= 0.3 is 246 Å². The number of sulfonamides is 1. The maximum absolute atomic E-state index is 14.0. The van der Waals surface area contributed by atoms with Crippen molar-refractivity contribution in [2.24, 2.45) is 2.59 Å². The molecule has 212 valence electrons. The molecular weight excluding hydrogens is 614 g/mol. The Balaban J connectivity index is 2.58. The zero-order chi connectivity index (χ0) is 29.1. The summed E-state index contributed by atoms with van der Waals surface area (Å²) in [5, 5.41) is 0. The molecule has 3 aromatic rings. The second-order valence-electron chi connectivity index (χ2n) is 11.4. The number of hydrogen-bond acceptors (Lipinski definition) is 2. The van der Waals surface area contributed by atoms with E-state index in [0.29, 0.717) is 5.92 Å². The van der Waals surface area contributed by atoms with Crippen LogP contribution in [0.2, 0.25) is 0 Å². The zero-order valence-corrected chi connectivity index (χ0v) is 28.7. The van der Waals surface area contributed by atoms with Crippen molar-refractivity contribution in [1.29, 1.82) is 0 Å². The van der Waals surface area contributed by atoms with Crippen LogP contribution in [-0.4, -0.2) is 27.8 Å². The first-order valence-corrected chi connectivity index (χ1v) is 19.3. The van der Waals surface area contributed by atoms with Gasteiger partial charge in [-0.2, -0.15) is 0 Å². The molecule has 0 bridgehead atoms. The number of aryl methyl sites for hydroxylation is 4. The van der Waals surface area contributed by atoms with Crippen molar-refractivity contribution in [3.05, 3.63) is 87.5 Å². The van der Waals surface area contributed by atoms with Gasteiger partial charge in [0.25, 0.3) is 0 Å². The molecule has 3 aromatic carbocycles. The minimum atomic E-state index is -3.85. The summed E-state index contributed by atoms with van der Waals surface area (Å²) < 4.78 is 35.6. The molecular formula is C34H47NO2STe. The van der Waals surface area contributed by atoms with E-state index in [2.05, 4.69) is 86.6 Å². The standard InChI is InChI=1S/C34H47NO2STe/c1-11-26-18-27(12-2)33(28(13-3)19-26)39(35-38(36,37)30-16-14-25(10)15-17-30)34-31(23(6)7)20-29(22(4)5)21-32(34)24(8)9/h14-24H,11-13H2,1-10H3. The quantitative estimate of drug-likeness (QED) is 0.208. The Labute approximate surface area is 245 Å². The van der Waals surface area contributed by atoms with Gasteiger partial charge in [0.05, 0.1) is 0 Å². The molecule has 3 rings (SSSR count). The van der Waals surface area contributed by atoms with Gasteiger partial charge in [0.15, 0.2) is 0 Å². The molecule has 0 unspecified atom stereocenters. The van der Waals surface area contributed by atoms with Crippen LogP contribution >= 0.6 is 0 Å². The van der Waals surface area contributed by atoms with Gasteiger partial charge in [0, 0.05) is 0 Å². The molecule has 0 heterocycles. The average molecular weight is 661 g/mol. The van der Waals surface area contributed by atoms with Crippen molar-refractivity contribution in [1.82, 2.24) is 0 Å². The molecule has 5 heteroatoms. The van der Waals surface area contributed by atoms with Crippen molar-refractivity contribution < 1.29 is 8.42 Å². The molecule has 0 atom stereocenters. The van der Waals surface area contributed by atoms with E-state index in [-0.39, 0.29) is 16.7 Å². The van der Waals surface area contributed by atoms with E-state index in [1.54, 1.807) is 12.1 Å². The van der Waals surface area contributed by atoms with E-state index < -0.39 is 29.4 Å². The predicted molar refractivity (Wildman–Crippen MR) is 169 cm³/mol. The molecule has 0 amide bonds. The fraction of sp³-hybridized carbons (Fsp3) is 0.471. The Bertz CT molecular complexity index is 1400. The van der Waals surface area contributed by atoms with Crippen molar-refractivity contribution >= 4 is 36.6 Å². The fourth-order valence-corrected chi connectivity index (χ4v) is 15.7. The van der Waals surface area contributed by atoms with Crippen LogP contribution in [0.15, 0.2) is 56.0 Å². The van der Waals surface area contributed by atoms with Crippen LogP contribution in [0.1, 0.15) is 119 Å². The molecule has 39 heavy (non-hydrogen) atoms. The second kappa shape index (κ2) is 13.2. The average Bonchev–Trinajstić information content (AvgIpc) is 2.90. The van der Waals surface area contributed by atoms with Crippen molar-refractivity contribution in [2.45, 2.75) is 111 Å². The molecule has 0 aliphatic carbocycles. The third kappa shape index (κ3) is 7.10. The van der Waals surface area contributed by atoms with Crippen LogP contribution in [0.5, 0.6) is 0 Å². The first-order chi connectivity index (χ1) is 18.3. The first kappa shape index (κ1) is 31.7. The Morgan fingerprint density at radius 3 is 1.56 bits per heavy atom. The van der Waals surface area contributed by atoms with E-state index in [1.165, 1.54) is 40.6 Å². The topological polar surface area (TPSA) is 46.5 Å². The van der Waals surface area contributed by atoms with E-state index >= 15 is 0 Å². The van der Waals surface area contributed by atoms with Crippen LogP contribution < -0.4 is 7.22 Å². The van der Waals surface area contributed by atoms with Gasteiger partial charge in [-0.15, -0.1) is 0 Å². The van der Waals surface area contributed by atoms with Crippen molar-refractivity contribution in [3.8, 4) is 0 Å². The molecule has 0 aliphatic heterocycles. The van der Waals surface area contributed by atoms with Crippen molar-refractivity contribution in [3.63, 3.8) is 0 Å². The molecule has 3 nitrogen and oxygen atoms in total. The molecule has 0 aliphatic rings. The Morgan fingerprint density at radius 1 is 0.692 bits per heavy atom. The summed E-state index contributed by atoms with van der Waals surface area (Å²) in [5.41, 5.74) is 8.75.